The molecule has 1 aromatic rings. The van der Waals surface area contributed by atoms with Crippen molar-refractivity contribution in [1.82, 2.24) is 0 Å². The van der Waals surface area contributed by atoms with E-state index in [0.717, 1.165) is 5.56 Å². The van der Waals surface area contributed by atoms with Crippen molar-refractivity contribution in [3.63, 3.8) is 0 Å². The number of amides is 1. The molecular weight excluding hydrogens is 332 g/mol. The zero-order valence-corrected chi connectivity index (χ0v) is 15.0. The van der Waals surface area contributed by atoms with Crippen LogP contribution in [0.15, 0.2) is 28.8 Å². The Morgan fingerprint density at radius 2 is 2.04 bits per heavy atom. The number of aryl methyl sites for hydroxylation is 1. The molecule has 0 N–H and O–H groups in total. The molecular formula is C17H17ClN2O2S. The second-order valence-corrected chi connectivity index (χ2v) is 7.69. The molecule has 1 saturated heterocycles. The van der Waals surface area contributed by atoms with Crippen LogP contribution in [0.25, 0.3) is 0 Å². The third-order valence-electron chi connectivity index (χ3n) is 3.42. The number of carbonyl (C=O) groups excluding carboxylic acids is 2. The molecule has 23 heavy (non-hydrogen) atoms. The number of nitriles is 1. The van der Waals surface area contributed by atoms with E-state index < -0.39 is 5.41 Å². The monoisotopic (exact) mass is 348 g/mol. The van der Waals surface area contributed by atoms with Gasteiger partial charge in [0.05, 0.1) is 5.75 Å². The van der Waals surface area contributed by atoms with Crippen molar-refractivity contribution in [2.75, 3.05) is 10.7 Å². The maximum atomic E-state index is 12.5. The number of hydrogen-bond acceptors (Lipinski definition) is 4. The lowest BCUT2D eigenvalue weighted by Crippen LogP contribution is -2.28. The van der Waals surface area contributed by atoms with E-state index in [4.69, 9.17) is 11.6 Å². The molecule has 4 nitrogen and oxygen atoms in total. The standard InChI is InChI=1S/C17H17ClN2O2S/c1-10-7-11(5-6-13(10)18)20-14(21)9-23-16(20)12(8-19)15(22)17(2,3)4/h5-7H,9H2,1-4H3/b16-12-. The molecule has 1 aliphatic rings. The summed E-state index contributed by atoms with van der Waals surface area (Å²) in [6.07, 6.45) is 0. The molecule has 0 aliphatic carbocycles. The molecule has 0 saturated carbocycles. The first-order chi connectivity index (χ1) is 10.7. The number of ketones is 1. The first-order valence-corrected chi connectivity index (χ1v) is 8.44. The zero-order chi connectivity index (χ0) is 17.4. The van der Waals surface area contributed by atoms with Crippen LogP contribution in [0.1, 0.15) is 26.3 Å². The number of benzene rings is 1. The normalized spacial score (nSPS) is 17.2. The summed E-state index contributed by atoms with van der Waals surface area (Å²) >= 11 is 7.25. The minimum Gasteiger partial charge on any atom is -0.293 e. The van der Waals surface area contributed by atoms with Gasteiger partial charge in [-0.3, -0.25) is 14.5 Å². The van der Waals surface area contributed by atoms with Gasteiger partial charge >= 0.3 is 0 Å². The molecule has 1 aromatic carbocycles. The van der Waals surface area contributed by atoms with Gasteiger partial charge in [0.1, 0.15) is 16.7 Å². The quantitative estimate of drug-likeness (QED) is 0.596. The summed E-state index contributed by atoms with van der Waals surface area (Å²) in [5.74, 6) is -0.214. The Balaban J connectivity index is 2.59. The lowest BCUT2D eigenvalue weighted by molar-refractivity contribution is -0.122. The van der Waals surface area contributed by atoms with Crippen LogP contribution in [0, 0.1) is 23.7 Å². The number of carbonyl (C=O) groups is 2. The Labute approximate surface area is 145 Å². The molecule has 0 unspecified atom stereocenters. The van der Waals surface area contributed by atoms with Crippen molar-refractivity contribution < 1.29 is 9.59 Å². The highest BCUT2D eigenvalue weighted by molar-refractivity contribution is 8.04. The van der Waals surface area contributed by atoms with Gasteiger partial charge in [0.2, 0.25) is 5.91 Å². The Kier molecular flexibility index (Phi) is 4.88. The van der Waals surface area contributed by atoms with Gasteiger partial charge in [-0.25, -0.2) is 0 Å². The molecule has 0 bridgehead atoms. The Morgan fingerprint density at radius 1 is 1.39 bits per heavy atom. The van der Waals surface area contributed by atoms with Crippen molar-refractivity contribution in [3.8, 4) is 6.07 Å². The van der Waals surface area contributed by atoms with Crippen molar-refractivity contribution in [3.05, 3.63) is 39.4 Å². The Bertz CT molecular complexity index is 757. The van der Waals surface area contributed by atoms with Crippen LogP contribution in [0.3, 0.4) is 0 Å². The van der Waals surface area contributed by atoms with Gasteiger partial charge in [-0.1, -0.05) is 44.1 Å². The van der Waals surface area contributed by atoms with Crippen molar-refractivity contribution in [2.45, 2.75) is 27.7 Å². The Hall–Kier alpha value is -1.77. The van der Waals surface area contributed by atoms with Gasteiger partial charge in [0.25, 0.3) is 0 Å². The van der Waals surface area contributed by atoms with Crippen LogP contribution in [-0.2, 0) is 9.59 Å². The largest absolute Gasteiger partial charge is 0.293 e. The number of anilines is 1. The summed E-state index contributed by atoms with van der Waals surface area (Å²) in [4.78, 5) is 26.3. The average Bonchev–Trinajstić information content (AvgIpc) is 2.83. The molecule has 2 rings (SSSR count). The van der Waals surface area contributed by atoms with Crippen molar-refractivity contribution in [2.24, 2.45) is 5.41 Å². The minimum atomic E-state index is -0.689. The van der Waals surface area contributed by atoms with E-state index in [9.17, 15) is 14.9 Å². The number of thioether (sulfide) groups is 1. The highest BCUT2D eigenvalue weighted by Gasteiger charge is 2.36. The molecule has 120 valence electrons. The molecule has 0 atom stereocenters. The lowest BCUT2D eigenvalue weighted by atomic mass is 9.87. The third-order valence-corrected chi connectivity index (χ3v) is 4.89. The lowest BCUT2D eigenvalue weighted by Gasteiger charge is -2.22. The Morgan fingerprint density at radius 3 is 2.57 bits per heavy atom. The highest BCUT2D eigenvalue weighted by Crippen LogP contribution is 2.38. The predicted octanol–water partition coefficient (Wildman–Crippen LogP) is 4.08. The molecule has 1 amide bonds. The summed E-state index contributed by atoms with van der Waals surface area (Å²) in [6.45, 7) is 7.11. The molecule has 0 spiro atoms. The van der Waals surface area contributed by atoms with Gasteiger partial charge in [0, 0.05) is 16.1 Å². The van der Waals surface area contributed by atoms with E-state index in [2.05, 4.69) is 0 Å². The third kappa shape index (κ3) is 3.44. The fourth-order valence-corrected chi connectivity index (χ4v) is 3.28. The summed E-state index contributed by atoms with van der Waals surface area (Å²) in [5.41, 5.74) is 0.785. The second kappa shape index (κ2) is 6.38. The molecule has 0 aromatic heterocycles. The SMILES string of the molecule is Cc1cc(N2C(=O)CS/C2=C(/C#N)C(=O)C(C)(C)C)ccc1Cl. The van der Waals surface area contributed by atoms with Gasteiger partial charge in [-0.15, -0.1) is 0 Å². The zero-order valence-electron chi connectivity index (χ0n) is 13.4. The van der Waals surface area contributed by atoms with Gasteiger partial charge in [-0.2, -0.15) is 5.26 Å². The van der Waals surface area contributed by atoms with Crippen LogP contribution in [-0.4, -0.2) is 17.4 Å². The van der Waals surface area contributed by atoms with E-state index >= 15 is 0 Å². The molecule has 0 radical (unpaired) electrons. The summed E-state index contributed by atoms with van der Waals surface area (Å²) in [6, 6.07) is 7.19. The van der Waals surface area contributed by atoms with Crippen LogP contribution in [0.2, 0.25) is 5.02 Å². The fraction of sp³-hybridized carbons (Fsp3) is 0.353. The summed E-state index contributed by atoms with van der Waals surface area (Å²) in [7, 11) is 0. The average molecular weight is 349 g/mol. The number of allylic oxidation sites excluding steroid dienone is 1. The van der Waals surface area contributed by atoms with Gasteiger partial charge < -0.3 is 0 Å². The van der Waals surface area contributed by atoms with E-state index in [1.807, 2.05) is 13.0 Å². The van der Waals surface area contributed by atoms with Crippen LogP contribution < -0.4 is 4.90 Å². The second-order valence-electron chi connectivity index (χ2n) is 6.32. The van der Waals surface area contributed by atoms with E-state index in [1.165, 1.54) is 16.7 Å². The van der Waals surface area contributed by atoms with Gasteiger partial charge in [0.15, 0.2) is 5.78 Å². The molecule has 1 heterocycles. The smallest absolute Gasteiger partial charge is 0.242 e. The first-order valence-electron chi connectivity index (χ1n) is 7.08. The predicted molar refractivity (Wildman–Crippen MR) is 93.2 cm³/mol. The van der Waals surface area contributed by atoms with Gasteiger partial charge in [-0.05, 0) is 30.7 Å². The maximum absolute atomic E-state index is 12.5. The van der Waals surface area contributed by atoms with E-state index in [0.29, 0.717) is 15.7 Å². The number of nitrogens with zero attached hydrogens (tertiary/aromatic N) is 2. The number of halogens is 1. The fourth-order valence-electron chi connectivity index (χ4n) is 2.16. The number of hydrogen-bond donors (Lipinski definition) is 0. The molecule has 6 heteroatoms. The van der Waals surface area contributed by atoms with E-state index in [1.54, 1.807) is 39.0 Å². The maximum Gasteiger partial charge on any atom is 0.242 e. The number of rotatable bonds is 2. The summed E-state index contributed by atoms with van der Waals surface area (Å²) in [5, 5.41) is 10.5. The first kappa shape index (κ1) is 17.6. The summed E-state index contributed by atoms with van der Waals surface area (Å²) < 4.78 is 0. The van der Waals surface area contributed by atoms with Crippen LogP contribution >= 0.6 is 23.4 Å². The van der Waals surface area contributed by atoms with Crippen LogP contribution in [0.5, 0.6) is 0 Å². The van der Waals surface area contributed by atoms with Crippen LogP contribution in [0.4, 0.5) is 5.69 Å². The molecule has 1 fully saturated rings. The highest BCUT2D eigenvalue weighted by atomic mass is 35.5. The minimum absolute atomic E-state index is 0.0287. The van der Waals surface area contributed by atoms with Crippen molar-refractivity contribution >= 4 is 40.7 Å². The van der Waals surface area contributed by atoms with Crippen molar-refractivity contribution in [1.29, 1.82) is 5.26 Å². The number of Topliss-reactive ketones (excluding diaryl/α,β-unsaturated/α-hetero) is 1. The molecule has 1 aliphatic heterocycles. The van der Waals surface area contributed by atoms with E-state index in [-0.39, 0.29) is 23.0 Å². The topological polar surface area (TPSA) is 61.2 Å².